The van der Waals surface area contributed by atoms with E-state index >= 15 is 0 Å². The zero-order chi connectivity index (χ0) is 14.5. The number of halogens is 2. The first kappa shape index (κ1) is 15.3. The number of ether oxygens (including phenoxy) is 1. The van der Waals surface area contributed by atoms with Gasteiger partial charge in [0.05, 0.1) is 0 Å². The lowest BCUT2D eigenvalue weighted by Crippen LogP contribution is -2.04. The summed E-state index contributed by atoms with van der Waals surface area (Å²) < 4.78 is 6.83. The molecule has 0 fully saturated rings. The number of rotatable bonds is 5. The van der Waals surface area contributed by atoms with Gasteiger partial charge in [0.15, 0.2) is 0 Å². The van der Waals surface area contributed by atoms with Gasteiger partial charge in [-0.1, -0.05) is 52.7 Å². The van der Waals surface area contributed by atoms with E-state index in [0.717, 1.165) is 34.3 Å². The third-order valence-electron chi connectivity index (χ3n) is 2.88. The second kappa shape index (κ2) is 7.04. The molecule has 5 heteroatoms. The molecule has 0 atom stereocenters. The fourth-order valence-electron chi connectivity index (χ4n) is 1.75. The van der Waals surface area contributed by atoms with Gasteiger partial charge in [0, 0.05) is 22.0 Å². The molecule has 1 heterocycles. The van der Waals surface area contributed by atoms with Gasteiger partial charge in [-0.15, -0.1) is 0 Å². The van der Waals surface area contributed by atoms with Gasteiger partial charge in [0.2, 0.25) is 5.88 Å². The summed E-state index contributed by atoms with van der Waals surface area (Å²) in [4.78, 5) is 8.70. The monoisotopic (exact) mass is 354 g/mol. The van der Waals surface area contributed by atoms with Crippen molar-refractivity contribution >= 4 is 27.5 Å². The molecule has 0 amide bonds. The molecule has 1 aromatic heterocycles. The molecule has 2 aromatic rings. The number of aryl methyl sites for hydroxylation is 1. The van der Waals surface area contributed by atoms with Gasteiger partial charge in [0.1, 0.15) is 17.6 Å². The Bertz CT molecular complexity index is 604. The molecule has 106 valence electrons. The molecule has 0 spiro atoms. The molecule has 0 aliphatic heterocycles. The second-order valence-corrected chi connectivity index (χ2v) is 5.70. The average molecular weight is 356 g/mol. The van der Waals surface area contributed by atoms with E-state index in [1.807, 2.05) is 31.2 Å². The highest BCUT2D eigenvalue weighted by molar-refractivity contribution is 9.10. The first-order valence-corrected chi connectivity index (χ1v) is 7.68. The molecule has 0 bridgehead atoms. The van der Waals surface area contributed by atoms with Crippen LogP contribution in [0, 0.1) is 6.92 Å². The molecular formula is C15H16BrClN2O. The molecule has 20 heavy (non-hydrogen) atoms. The Labute approximate surface area is 132 Å². The van der Waals surface area contributed by atoms with Crippen LogP contribution in [0.1, 0.15) is 30.3 Å². The van der Waals surface area contributed by atoms with Crippen LogP contribution >= 0.6 is 27.5 Å². The summed E-state index contributed by atoms with van der Waals surface area (Å²) in [7, 11) is 0. The predicted molar refractivity (Wildman–Crippen MR) is 84.2 cm³/mol. The normalized spacial score (nSPS) is 10.6. The van der Waals surface area contributed by atoms with Crippen molar-refractivity contribution in [1.29, 1.82) is 0 Å². The number of aromatic nitrogens is 2. The van der Waals surface area contributed by atoms with E-state index < -0.39 is 0 Å². The molecule has 0 aliphatic carbocycles. The lowest BCUT2D eigenvalue weighted by molar-refractivity contribution is 0.289. The Balaban J connectivity index is 2.18. The maximum Gasteiger partial charge on any atom is 0.221 e. The Morgan fingerprint density at radius 1 is 1.25 bits per heavy atom. The van der Waals surface area contributed by atoms with Crippen molar-refractivity contribution in [2.45, 2.75) is 33.3 Å². The molecule has 0 N–H and O–H groups in total. The van der Waals surface area contributed by atoms with E-state index in [0.29, 0.717) is 17.6 Å². The summed E-state index contributed by atoms with van der Waals surface area (Å²) >= 11 is 9.63. The summed E-state index contributed by atoms with van der Waals surface area (Å²) in [6, 6.07) is 7.95. The van der Waals surface area contributed by atoms with Crippen molar-refractivity contribution in [2.75, 3.05) is 0 Å². The van der Waals surface area contributed by atoms with Gasteiger partial charge in [-0.3, -0.25) is 0 Å². The molecular weight excluding hydrogens is 340 g/mol. The Morgan fingerprint density at radius 3 is 2.70 bits per heavy atom. The topological polar surface area (TPSA) is 35.0 Å². The van der Waals surface area contributed by atoms with Crippen molar-refractivity contribution < 1.29 is 4.74 Å². The maximum atomic E-state index is 6.13. The van der Waals surface area contributed by atoms with Crippen molar-refractivity contribution in [3.63, 3.8) is 0 Å². The number of hydrogen-bond donors (Lipinski definition) is 0. The molecule has 0 saturated carbocycles. The van der Waals surface area contributed by atoms with Crippen LogP contribution in [0.2, 0.25) is 5.15 Å². The van der Waals surface area contributed by atoms with Gasteiger partial charge < -0.3 is 4.74 Å². The predicted octanol–water partition coefficient (Wildman–Crippen LogP) is 4.73. The van der Waals surface area contributed by atoms with E-state index in [4.69, 9.17) is 16.3 Å². The van der Waals surface area contributed by atoms with Crippen LogP contribution in [-0.4, -0.2) is 9.97 Å². The van der Waals surface area contributed by atoms with Gasteiger partial charge in [-0.25, -0.2) is 4.98 Å². The van der Waals surface area contributed by atoms with Crippen molar-refractivity contribution in [3.05, 3.63) is 50.8 Å². The average Bonchev–Trinajstić information content (AvgIpc) is 2.43. The van der Waals surface area contributed by atoms with Gasteiger partial charge in [-0.05, 0) is 19.4 Å². The minimum absolute atomic E-state index is 0.446. The fourth-order valence-corrected chi connectivity index (χ4v) is 2.33. The van der Waals surface area contributed by atoms with E-state index in [1.54, 1.807) is 0 Å². The lowest BCUT2D eigenvalue weighted by Gasteiger charge is -2.11. The lowest BCUT2D eigenvalue weighted by atomic mass is 10.2. The fraction of sp³-hybridized carbons (Fsp3) is 0.333. The zero-order valence-corrected chi connectivity index (χ0v) is 13.8. The van der Waals surface area contributed by atoms with Gasteiger partial charge in [-0.2, -0.15) is 4.98 Å². The summed E-state index contributed by atoms with van der Waals surface area (Å²) in [5, 5.41) is 0.463. The van der Waals surface area contributed by atoms with Crippen LogP contribution in [-0.2, 0) is 13.0 Å². The smallest absolute Gasteiger partial charge is 0.221 e. The summed E-state index contributed by atoms with van der Waals surface area (Å²) in [5.74, 6) is 1.29. The molecule has 1 aromatic carbocycles. The van der Waals surface area contributed by atoms with Crippen molar-refractivity contribution in [3.8, 4) is 5.88 Å². The molecule has 0 aliphatic rings. The van der Waals surface area contributed by atoms with Crippen molar-refractivity contribution in [2.24, 2.45) is 0 Å². The molecule has 0 radical (unpaired) electrons. The highest BCUT2D eigenvalue weighted by atomic mass is 79.9. The van der Waals surface area contributed by atoms with Crippen molar-refractivity contribution in [1.82, 2.24) is 9.97 Å². The summed E-state index contributed by atoms with van der Waals surface area (Å²) in [6.07, 6.45) is 1.77. The first-order valence-electron chi connectivity index (χ1n) is 6.51. The van der Waals surface area contributed by atoms with Crippen LogP contribution in [0.4, 0.5) is 0 Å². The number of nitrogens with zero attached hydrogens (tertiary/aromatic N) is 2. The molecule has 3 nitrogen and oxygen atoms in total. The third kappa shape index (κ3) is 3.70. The number of benzene rings is 1. The molecule has 0 unspecified atom stereocenters. The maximum absolute atomic E-state index is 6.13. The van der Waals surface area contributed by atoms with Gasteiger partial charge in [0.25, 0.3) is 0 Å². The zero-order valence-electron chi connectivity index (χ0n) is 11.5. The van der Waals surface area contributed by atoms with E-state index in [-0.39, 0.29) is 0 Å². The van der Waals surface area contributed by atoms with Crippen LogP contribution in [0.5, 0.6) is 5.88 Å². The Morgan fingerprint density at radius 2 is 2.00 bits per heavy atom. The summed E-state index contributed by atoms with van der Waals surface area (Å²) in [6.45, 7) is 4.40. The quantitative estimate of drug-likeness (QED) is 0.727. The minimum atomic E-state index is 0.446. The highest BCUT2D eigenvalue weighted by Crippen LogP contribution is 2.24. The third-order valence-corrected chi connectivity index (χ3v) is 4.03. The summed E-state index contributed by atoms with van der Waals surface area (Å²) in [5.41, 5.74) is 1.84. The SMILES string of the molecule is CCCc1nc(Cl)c(C)c(OCc2ccccc2Br)n1. The first-order chi connectivity index (χ1) is 9.61. The van der Waals surface area contributed by atoms with Crippen LogP contribution < -0.4 is 4.74 Å². The van der Waals surface area contributed by atoms with Crippen LogP contribution in [0.15, 0.2) is 28.7 Å². The second-order valence-electron chi connectivity index (χ2n) is 4.49. The Hall–Kier alpha value is -1.13. The standard InChI is InChI=1S/C15H16BrClN2O/c1-3-6-13-18-14(17)10(2)15(19-13)20-9-11-7-4-5-8-12(11)16/h4-5,7-8H,3,6,9H2,1-2H3. The number of hydrogen-bond acceptors (Lipinski definition) is 3. The van der Waals surface area contributed by atoms with Crippen LogP contribution in [0.25, 0.3) is 0 Å². The van der Waals surface area contributed by atoms with E-state index in [1.165, 1.54) is 0 Å². The molecule has 2 rings (SSSR count). The minimum Gasteiger partial charge on any atom is -0.472 e. The van der Waals surface area contributed by atoms with E-state index in [9.17, 15) is 0 Å². The van der Waals surface area contributed by atoms with E-state index in [2.05, 4.69) is 32.8 Å². The van der Waals surface area contributed by atoms with Gasteiger partial charge >= 0.3 is 0 Å². The largest absolute Gasteiger partial charge is 0.472 e. The highest BCUT2D eigenvalue weighted by Gasteiger charge is 2.11. The molecule has 0 saturated heterocycles. The van der Waals surface area contributed by atoms with Crippen LogP contribution in [0.3, 0.4) is 0 Å². The Kier molecular flexibility index (Phi) is 5.38.